The van der Waals surface area contributed by atoms with E-state index in [1.165, 1.54) is 24.3 Å². The van der Waals surface area contributed by atoms with E-state index in [0.717, 1.165) is 24.1 Å². The maximum atomic E-state index is 13.2. The van der Waals surface area contributed by atoms with E-state index in [1.54, 1.807) is 35.1 Å². The topological polar surface area (TPSA) is 93.1 Å². The highest BCUT2D eigenvalue weighted by Crippen LogP contribution is 2.28. The summed E-state index contributed by atoms with van der Waals surface area (Å²) < 4.78 is 42.5. The molecule has 1 aromatic heterocycles. The normalized spacial score (nSPS) is 14.8. The lowest BCUT2D eigenvalue weighted by Gasteiger charge is -2.15. The standard InChI is InChI=1S/C23H25FN4O3S/c1-15(22-14-25-28(16(22)2)20-10-8-19(24)9-11-20)27-23(29)18-4-3-5-21(12-18)32(30,31)26-13-17-6-7-17/h3-5,8-12,14-15,17,26H,6-7,13H2,1-2H3,(H,27,29). The third-order valence-corrected chi connectivity index (χ3v) is 7.02. The molecule has 0 bridgehead atoms. The van der Waals surface area contributed by atoms with Crippen LogP contribution >= 0.6 is 0 Å². The molecule has 1 saturated carbocycles. The fourth-order valence-corrected chi connectivity index (χ4v) is 4.65. The minimum absolute atomic E-state index is 0.0683. The number of hydrogen-bond donors (Lipinski definition) is 2. The van der Waals surface area contributed by atoms with Gasteiger partial charge in [-0.25, -0.2) is 22.2 Å². The average Bonchev–Trinajstić information content (AvgIpc) is 3.53. The summed E-state index contributed by atoms with van der Waals surface area (Å²) in [4.78, 5) is 12.9. The molecule has 32 heavy (non-hydrogen) atoms. The number of amides is 1. The van der Waals surface area contributed by atoms with E-state index in [4.69, 9.17) is 0 Å². The molecule has 168 valence electrons. The predicted octanol–water partition coefficient (Wildman–Crippen LogP) is 3.50. The lowest BCUT2D eigenvalue weighted by Crippen LogP contribution is -2.28. The minimum Gasteiger partial charge on any atom is -0.345 e. The van der Waals surface area contributed by atoms with Crippen LogP contribution in [-0.2, 0) is 10.0 Å². The lowest BCUT2D eigenvalue weighted by molar-refractivity contribution is 0.0939. The molecule has 2 aromatic carbocycles. The molecule has 0 aliphatic heterocycles. The summed E-state index contributed by atoms with van der Waals surface area (Å²) in [5, 5.41) is 7.26. The minimum atomic E-state index is -3.66. The third kappa shape index (κ3) is 4.89. The number of carbonyl (C=O) groups excluding carboxylic acids is 1. The molecule has 3 aromatic rings. The Morgan fingerprint density at radius 2 is 1.94 bits per heavy atom. The van der Waals surface area contributed by atoms with Crippen LogP contribution in [-0.4, -0.2) is 30.7 Å². The summed E-state index contributed by atoms with van der Waals surface area (Å²) in [6.07, 6.45) is 3.74. The molecule has 1 amide bonds. The Hall–Kier alpha value is -3.04. The highest BCUT2D eigenvalue weighted by Gasteiger charge is 2.25. The maximum Gasteiger partial charge on any atom is 0.251 e. The van der Waals surface area contributed by atoms with Crippen molar-refractivity contribution in [2.45, 2.75) is 37.6 Å². The molecule has 1 heterocycles. The Bertz CT molecular complexity index is 1230. The highest BCUT2D eigenvalue weighted by atomic mass is 32.2. The van der Waals surface area contributed by atoms with Gasteiger partial charge in [0.2, 0.25) is 10.0 Å². The second kappa shape index (κ2) is 8.84. The van der Waals surface area contributed by atoms with Crippen molar-refractivity contribution in [3.63, 3.8) is 0 Å². The third-order valence-electron chi connectivity index (χ3n) is 5.60. The Kier molecular flexibility index (Phi) is 6.12. The predicted molar refractivity (Wildman–Crippen MR) is 118 cm³/mol. The Labute approximate surface area is 186 Å². The molecule has 7 nitrogen and oxygen atoms in total. The van der Waals surface area contributed by atoms with Crippen LogP contribution in [0.25, 0.3) is 5.69 Å². The molecule has 1 unspecified atom stereocenters. The van der Waals surface area contributed by atoms with Crippen molar-refractivity contribution in [1.29, 1.82) is 0 Å². The number of benzene rings is 2. The Morgan fingerprint density at radius 1 is 1.22 bits per heavy atom. The summed E-state index contributed by atoms with van der Waals surface area (Å²) in [5.74, 6) is -0.298. The van der Waals surface area contributed by atoms with Gasteiger partial charge in [-0.05, 0) is 75.1 Å². The van der Waals surface area contributed by atoms with Crippen LogP contribution in [0, 0.1) is 18.7 Å². The van der Waals surface area contributed by atoms with E-state index >= 15 is 0 Å². The molecule has 1 fully saturated rings. The van der Waals surface area contributed by atoms with E-state index in [0.29, 0.717) is 18.2 Å². The second-order valence-corrected chi connectivity index (χ2v) is 9.86. The van der Waals surface area contributed by atoms with E-state index in [2.05, 4.69) is 15.1 Å². The van der Waals surface area contributed by atoms with Crippen LogP contribution in [0.2, 0.25) is 0 Å². The van der Waals surface area contributed by atoms with E-state index < -0.39 is 10.0 Å². The van der Waals surface area contributed by atoms with Gasteiger partial charge < -0.3 is 5.32 Å². The van der Waals surface area contributed by atoms with Gasteiger partial charge in [-0.15, -0.1) is 0 Å². The number of rotatable bonds is 8. The Balaban J connectivity index is 1.48. The molecular formula is C23H25FN4O3S. The molecule has 9 heteroatoms. The maximum absolute atomic E-state index is 13.2. The Morgan fingerprint density at radius 3 is 2.62 bits per heavy atom. The molecule has 1 atom stereocenters. The molecule has 0 spiro atoms. The molecule has 2 N–H and O–H groups in total. The average molecular weight is 457 g/mol. The summed E-state index contributed by atoms with van der Waals surface area (Å²) in [6.45, 7) is 4.12. The second-order valence-electron chi connectivity index (χ2n) is 8.09. The summed E-state index contributed by atoms with van der Waals surface area (Å²) in [5.41, 5.74) is 2.59. The number of sulfonamides is 1. The van der Waals surface area contributed by atoms with Gasteiger partial charge >= 0.3 is 0 Å². The lowest BCUT2D eigenvalue weighted by atomic mass is 10.1. The van der Waals surface area contributed by atoms with Gasteiger partial charge in [-0.2, -0.15) is 5.10 Å². The van der Waals surface area contributed by atoms with Gasteiger partial charge in [-0.3, -0.25) is 4.79 Å². The monoisotopic (exact) mass is 456 g/mol. The van der Waals surface area contributed by atoms with Crippen molar-refractivity contribution in [2.75, 3.05) is 6.54 Å². The van der Waals surface area contributed by atoms with Crippen molar-refractivity contribution in [3.05, 3.63) is 77.4 Å². The first-order valence-corrected chi connectivity index (χ1v) is 11.9. The zero-order valence-corrected chi connectivity index (χ0v) is 18.7. The summed E-state index contributed by atoms with van der Waals surface area (Å²) >= 11 is 0. The van der Waals surface area contributed by atoms with Gasteiger partial charge in [-0.1, -0.05) is 6.07 Å². The van der Waals surface area contributed by atoms with Crippen LogP contribution < -0.4 is 10.0 Å². The molecule has 4 rings (SSSR count). The number of carbonyl (C=O) groups is 1. The van der Waals surface area contributed by atoms with Crippen LogP contribution in [0.3, 0.4) is 0 Å². The van der Waals surface area contributed by atoms with Crippen molar-refractivity contribution in [2.24, 2.45) is 5.92 Å². The van der Waals surface area contributed by atoms with Gasteiger partial charge in [0.1, 0.15) is 5.82 Å². The molecule has 0 saturated heterocycles. The number of halogens is 1. The summed E-state index contributed by atoms with van der Waals surface area (Å²) in [6, 6.07) is 11.6. The first kappa shape index (κ1) is 22.2. The molecule has 1 aliphatic carbocycles. The summed E-state index contributed by atoms with van der Waals surface area (Å²) in [7, 11) is -3.66. The van der Waals surface area contributed by atoms with Gasteiger partial charge in [0.15, 0.2) is 0 Å². The van der Waals surface area contributed by atoms with Crippen LogP contribution in [0.15, 0.2) is 59.6 Å². The number of nitrogens with zero attached hydrogens (tertiary/aromatic N) is 2. The van der Waals surface area contributed by atoms with Gasteiger partial charge in [0.25, 0.3) is 5.91 Å². The van der Waals surface area contributed by atoms with E-state index in [9.17, 15) is 17.6 Å². The zero-order valence-electron chi connectivity index (χ0n) is 17.9. The van der Waals surface area contributed by atoms with Gasteiger partial charge in [0.05, 0.1) is 22.8 Å². The highest BCUT2D eigenvalue weighted by molar-refractivity contribution is 7.89. The van der Waals surface area contributed by atoms with Crippen molar-refractivity contribution in [1.82, 2.24) is 19.8 Å². The zero-order chi connectivity index (χ0) is 22.9. The molecule has 1 aliphatic rings. The van der Waals surface area contributed by atoms with Crippen molar-refractivity contribution >= 4 is 15.9 Å². The number of aromatic nitrogens is 2. The first-order valence-electron chi connectivity index (χ1n) is 10.5. The van der Waals surface area contributed by atoms with E-state index in [1.807, 2.05) is 13.8 Å². The molecular weight excluding hydrogens is 431 g/mol. The quantitative estimate of drug-likeness (QED) is 0.543. The largest absolute Gasteiger partial charge is 0.345 e. The SMILES string of the molecule is Cc1c(C(C)NC(=O)c2cccc(S(=O)(=O)NCC3CC3)c2)cnn1-c1ccc(F)cc1. The van der Waals surface area contributed by atoms with E-state index in [-0.39, 0.29) is 28.2 Å². The smallest absolute Gasteiger partial charge is 0.251 e. The van der Waals surface area contributed by atoms with Crippen LogP contribution in [0.5, 0.6) is 0 Å². The molecule has 0 radical (unpaired) electrons. The first-order chi connectivity index (χ1) is 15.2. The number of nitrogens with one attached hydrogen (secondary N) is 2. The van der Waals surface area contributed by atoms with Crippen molar-refractivity contribution < 1.29 is 17.6 Å². The number of hydrogen-bond acceptors (Lipinski definition) is 4. The van der Waals surface area contributed by atoms with Crippen LogP contribution in [0.4, 0.5) is 4.39 Å². The van der Waals surface area contributed by atoms with Crippen LogP contribution in [0.1, 0.15) is 47.4 Å². The fraction of sp³-hybridized carbons (Fsp3) is 0.304. The van der Waals surface area contributed by atoms with Crippen molar-refractivity contribution in [3.8, 4) is 5.69 Å². The van der Waals surface area contributed by atoms with Gasteiger partial charge in [0, 0.05) is 23.4 Å². The fourth-order valence-electron chi connectivity index (χ4n) is 3.49.